The van der Waals surface area contributed by atoms with Crippen LogP contribution in [0.15, 0.2) is 0 Å². The molecule has 14 atom stereocenters. The molecule has 9 nitrogen and oxygen atoms in total. The van der Waals surface area contributed by atoms with Crippen LogP contribution in [-0.4, -0.2) is 88.6 Å². The molecule has 0 bridgehead atoms. The van der Waals surface area contributed by atoms with E-state index < -0.39 is 36.2 Å². The van der Waals surface area contributed by atoms with E-state index in [9.17, 15) is 25.2 Å². The summed E-state index contributed by atoms with van der Waals surface area (Å²) in [5.74, 6) is 0.869. The second-order valence-corrected chi connectivity index (χ2v) is 17.6. The summed E-state index contributed by atoms with van der Waals surface area (Å²) in [4.78, 5) is 12.0. The van der Waals surface area contributed by atoms with Gasteiger partial charge >= 0.3 is 5.97 Å². The predicted octanol–water partition coefficient (Wildman–Crippen LogP) is 4.21. The van der Waals surface area contributed by atoms with Crippen molar-refractivity contribution in [1.82, 2.24) is 0 Å². The Labute approximate surface area is 269 Å². The molecule has 1 aliphatic heterocycles. The Morgan fingerprint density at radius 1 is 1.02 bits per heavy atom. The van der Waals surface area contributed by atoms with Crippen LogP contribution in [0.5, 0.6) is 0 Å². The van der Waals surface area contributed by atoms with Crippen molar-refractivity contribution in [3.8, 4) is 0 Å². The van der Waals surface area contributed by atoms with Crippen LogP contribution in [0.4, 0.5) is 0 Å². The van der Waals surface area contributed by atoms with Crippen molar-refractivity contribution in [3.63, 3.8) is 0 Å². The van der Waals surface area contributed by atoms with Gasteiger partial charge in [-0.2, -0.15) is 0 Å². The Morgan fingerprint density at radius 3 is 2.31 bits per heavy atom. The standard InChI is InChI=1S/C36H60O9/c1-20-17-22(30(32(5,6)41)43-21(2)39)44-28-27(20)33(7)13-14-36-19-35(36)12-11-25(45-26(18-38)42-16-15-37)31(3,4)23(35)9-10-24(36)34(33,8)29(28)40/h20,22-30,37-38,40-41H,9-19H2,1-8H3/t20-,22-,23+,24+,25+,26+,27+,28+,29+,30+,33-,34-,35-,36+/m1/s1. The van der Waals surface area contributed by atoms with E-state index in [1.165, 1.54) is 19.8 Å². The Balaban J connectivity index is 1.27. The van der Waals surface area contributed by atoms with Gasteiger partial charge in [0.25, 0.3) is 0 Å². The Hall–Kier alpha value is -0.810. The van der Waals surface area contributed by atoms with E-state index in [-0.39, 0.29) is 70.9 Å². The summed E-state index contributed by atoms with van der Waals surface area (Å²) >= 11 is 0. The molecule has 2 spiro atoms. The van der Waals surface area contributed by atoms with Gasteiger partial charge in [-0.05, 0) is 111 Å². The third kappa shape index (κ3) is 4.68. The number of rotatable bonds is 9. The summed E-state index contributed by atoms with van der Waals surface area (Å²) in [6, 6.07) is 0. The SMILES string of the molecule is CC(=O)O[C@@H]([C@H]1C[C@@H](C)[C@H]2[C@H](O1)[C@H](O)[C@@]1(C)[C@@H]3CC[C@H]4C(C)(C)[C@@H](O[C@@H](CO)OCCO)CC[C@@]45C[C@@]35CC[C@]21C)C(C)(C)O. The van der Waals surface area contributed by atoms with Gasteiger partial charge in [-0.3, -0.25) is 4.79 Å². The molecule has 0 aromatic heterocycles. The van der Waals surface area contributed by atoms with Crippen molar-refractivity contribution in [2.75, 3.05) is 19.8 Å². The molecule has 6 rings (SSSR count). The number of aliphatic hydroxyl groups excluding tert-OH is 3. The number of hydrogen-bond donors (Lipinski definition) is 4. The average molecular weight is 637 g/mol. The van der Waals surface area contributed by atoms with E-state index in [0.717, 1.165) is 32.1 Å². The van der Waals surface area contributed by atoms with E-state index in [0.29, 0.717) is 18.3 Å². The zero-order valence-corrected chi connectivity index (χ0v) is 28.9. The highest BCUT2D eigenvalue weighted by atomic mass is 16.7. The second kappa shape index (κ2) is 11.1. The quantitative estimate of drug-likeness (QED) is 0.217. The van der Waals surface area contributed by atoms with E-state index in [1.54, 1.807) is 13.8 Å². The van der Waals surface area contributed by atoms with Crippen LogP contribution >= 0.6 is 0 Å². The summed E-state index contributed by atoms with van der Waals surface area (Å²) in [6.07, 6.45) is 5.20. The molecule has 0 unspecified atom stereocenters. The molecule has 1 heterocycles. The number of fused-ring (bicyclic) bond motifs is 4. The molecule has 0 aromatic rings. The molecule has 45 heavy (non-hydrogen) atoms. The highest BCUT2D eigenvalue weighted by molar-refractivity contribution is 5.66. The van der Waals surface area contributed by atoms with E-state index in [2.05, 4.69) is 34.6 Å². The van der Waals surface area contributed by atoms with Gasteiger partial charge in [0.15, 0.2) is 12.4 Å². The molecule has 258 valence electrons. The number of ether oxygens (including phenoxy) is 4. The van der Waals surface area contributed by atoms with Crippen molar-refractivity contribution in [2.24, 2.45) is 50.7 Å². The van der Waals surface area contributed by atoms with Crippen molar-refractivity contribution in [3.05, 3.63) is 0 Å². The molecular formula is C36H60O9. The monoisotopic (exact) mass is 636 g/mol. The normalized spacial score (nSPS) is 49.4. The highest BCUT2D eigenvalue weighted by Crippen LogP contribution is 2.89. The zero-order valence-electron chi connectivity index (χ0n) is 28.9. The lowest BCUT2D eigenvalue weighted by atomic mass is 9.41. The third-order valence-electron chi connectivity index (χ3n) is 15.0. The smallest absolute Gasteiger partial charge is 0.303 e. The summed E-state index contributed by atoms with van der Waals surface area (Å²) in [7, 11) is 0. The number of carbonyl (C=O) groups excluding carboxylic acids is 1. The molecule has 1 saturated heterocycles. The van der Waals surface area contributed by atoms with Crippen LogP contribution in [-0.2, 0) is 23.7 Å². The van der Waals surface area contributed by atoms with Crippen LogP contribution in [0.2, 0.25) is 0 Å². The highest BCUT2D eigenvalue weighted by Gasteiger charge is 2.84. The summed E-state index contributed by atoms with van der Waals surface area (Å²) in [5, 5.41) is 42.6. The first-order valence-electron chi connectivity index (χ1n) is 17.7. The van der Waals surface area contributed by atoms with Crippen LogP contribution in [0.3, 0.4) is 0 Å². The first-order chi connectivity index (χ1) is 20.9. The molecular weight excluding hydrogens is 576 g/mol. The summed E-state index contributed by atoms with van der Waals surface area (Å²) < 4.78 is 24.5. The topological polar surface area (TPSA) is 135 Å². The third-order valence-corrected chi connectivity index (χ3v) is 15.0. The molecule has 5 aliphatic carbocycles. The largest absolute Gasteiger partial charge is 0.457 e. The number of aliphatic hydroxyl groups is 4. The Morgan fingerprint density at radius 2 is 1.69 bits per heavy atom. The number of esters is 1. The first kappa shape index (κ1) is 34.1. The minimum atomic E-state index is -1.27. The minimum absolute atomic E-state index is 0.0327. The van der Waals surface area contributed by atoms with Crippen molar-refractivity contribution >= 4 is 5.97 Å². The molecule has 0 amide bonds. The van der Waals surface area contributed by atoms with Crippen molar-refractivity contribution in [1.29, 1.82) is 0 Å². The van der Waals surface area contributed by atoms with Gasteiger partial charge in [0.2, 0.25) is 0 Å². The Bertz CT molecular complexity index is 1140. The van der Waals surface area contributed by atoms with Crippen molar-refractivity contribution in [2.45, 2.75) is 149 Å². The summed E-state index contributed by atoms with van der Waals surface area (Å²) in [5.41, 5.74) is -1.35. The van der Waals surface area contributed by atoms with Gasteiger partial charge in [0.05, 0.1) is 49.8 Å². The molecule has 6 aliphatic rings. The maximum Gasteiger partial charge on any atom is 0.303 e. The molecule has 5 saturated carbocycles. The molecule has 0 aromatic carbocycles. The number of hydrogen-bond acceptors (Lipinski definition) is 9. The maximum absolute atomic E-state index is 12.5. The fourth-order valence-corrected chi connectivity index (χ4v) is 13.1. The van der Waals surface area contributed by atoms with Gasteiger partial charge in [-0.15, -0.1) is 0 Å². The van der Waals surface area contributed by atoms with E-state index in [4.69, 9.17) is 18.9 Å². The van der Waals surface area contributed by atoms with Crippen LogP contribution < -0.4 is 0 Å². The minimum Gasteiger partial charge on any atom is -0.457 e. The number of carbonyl (C=O) groups is 1. The van der Waals surface area contributed by atoms with Crippen molar-refractivity contribution < 1.29 is 44.2 Å². The molecule has 0 radical (unpaired) electrons. The fraction of sp³-hybridized carbons (Fsp3) is 0.972. The average Bonchev–Trinajstić information content (AvgIpc) is 3.59. The van der Waals surface area contributed by atoms with Gasteiger partial charge in [0.1, 0.15) is 0 Å². The van der Waals surface area contributed by atoms with Gasteiger partial charge in [0, 0.05) is 12.3 Å². The Kier molecular flexibility index (Phi) is 8.41. The van der Waals surface area contributed by atoms with Gasteiger partial charge in [-0.25, -0.2) is 0 Å². The summed E-state index contributed by atoms with van der Waals surface area (Å²) in [6.45, 7) is 16.2. The maximum atomic E-state index is 12.5. The van der Waals surface area contributed by atoms with Crippen LogP contribution in [0.1, 0.15) is 107 Å². The fourth-order valence-electron chi connectivity index (χ4n) is 13.1. The lowest BCUT2D eigenvalue weighted by Gasteiger charge is -2.63. The molecule has 9 heteroatoms. The molecule has 4 N–H and O–H groups in total. The first-order valence-corrected chi connectivity index (χ1v) is 17.7. The van der Waals surface area contributed by atoms with E-state index >= 15 is 0 Å². The van der Waals surface area contributed by atoms with Gasteiger partial charge < -0.3 is 39.4 Å². The van der Waals surface area contributed by atoms with Crippen LogP contribution in [0.25, 0.3) is 0 Å². The predicted molar refractivity (Wildman–Crippen MR) is 167 cm³/mol. The van der Waals surface area contributed by atoms with Gasteiger partial charge in [-0.1, -0.05) is 34.6 Å². The lowest BCUT2D eigenvalue weighted by molar-refractivity contribution is -0.243. The zero-order chi connectivity index (χ0) is 33.0. The second-order valence-electron chi connectivity index (χ2n) is 17.6. The lowest BCUT2D eigenvalue weighted by Crippen LogP contribution is -2.60. The molecule has 6 fully saturated rings. The van der Waals surface area contributed by atoms with E-state index in [1.807, 2.05) is 0 Å². The van der Waals surface area contributed by atoms with Crippen LogP contribution in [0, 0.1) is 50.7 Å².